The summed E-state index contributed by atoms with van der Waals surface area (Å²) in [5.74, 6) is 1.49. The summed E-state index contributed by atoms with van der Waals surface area (Å²) in [6.07, 6.45) is 9.60. The summed E-state index contributed by atoms with van der Waals surface area (Å²) in [7, 11) is 1.48. The van der Waals surface area contributed by atoms with Crippen LogP contribution in [0.1, 0.15) is 44.9 Å². The minimum Gasteiger partial charge on any atom is -0.469 e. The van der Waals surface area contributed by atoms with Crippen LogP contribution in [-0.4, -0.2) is 31.2 Å². The van der Waals surface area contributed by atoms with Crippen molar-refractivity contribution in [2.45, 2.75) is 44.9 Å². The van der Waals surface area contributed by atoms with E-state index in [1.54, 1.807) is 6.20 Å². The lowest BCUT2D eigenvalue weighted by Crippen LogP contribution is -2.42. The number of carbonyl (C=O) groups excluding carboxylic acids is 1. The zero-order valence-corrected chi connectivity index (χ0v) is 14.0. The van der Waals surface area contributed by atoms with Gasteiger partial charge in [-0.2, -0.15) is 0 Å². The molecule has 0 bridgehead atoms. The molecule has 3 rings (SSSR count). The highest BCUT2D eigenvalue weighted by molar-refractivity contribution is 5.69. The first kappa shape index (κ1) is 16.1. The molecule has 1 aliphatic carbocycles. The Labute approximate surface area is 138 Å². The van der Waals surface area contributed by atoms with E-state index in [4.69, 9.17) is 10.5 Å². The first-order valence-corrected chi connectivity index (χ1v) is 8.63. The summed E-state index contributed by atoms with van der Waals surface area (Å²) < 4.78 is 4.80. The number of hydrogen-bond acceptors (Lipinski definition) is 5. The number of anilines is 2. The average Bonchev–Trinajstić information content (AvgIpc) is 2.59. The van der Waals surface area contributed by atoms with Gasteiger partial charge in [0.25, 0.3) is 0 Å². The summed E-state index contributed by atoms with van der Waals surface area (Å²) in [5.41, 5.74) is 6.91. The largest absolute Gasteiger partial charge is 0.469 e. The number of carbonyl (C=O) groups is 1. The Morgan fingerprint density at radius 1 is 1.30 bits per heavy atom. The van der Waals surface area contributed by atoms with Crippen LogP contribution in [0.2, 0.25) is 0 Å². The number of aromatic nitrogens is 1. The van der Waals surface area contributed by atoms with E-state index in [9.17, 15) is 4.79 Å². The monoisotopic (exact) mass is 317 g/mol. The molecule has 0 atom stereocenters. The maximum Gasteiger partial charge on any atom is 0.305 e. The standard InChI is InChI=1S/C18H27N3O2/c1-23-17(22)12-14-4-6-18(7-5-14)8-10-21(11-9-18)16-3-2-15(19)13-20-16/h2-3,13-14H,4-12,19H2,1H3. The van der Waals surface area contributed by atoms with Crippen molar-refractivity contribution in [2.75, 3.05) is 30.8 Å². The lowest BCUT2D eigenvalue weighted by atomic mass is 9.65. The fraction of sp³-hybridized carbons (Fsp3) is 0.667. The third kappa shape index (κ3) is 3.77. The third-order valence-corrected chi connectivity index (χ3v) is 5.77. The molecule has 2 heterocycles. The van der Waals surface area contributed by atoms with E-state index in [1.807, 2.05) is 12.1 Å². The molecule has 1 spiro atoms. The Balaban J connectivity index is 1.51. The van der Waals surface area contributed by atoms with Crippen LogP contribution in [-0.2, 0) is 9.53 Å². The topological polar surface area (TPSA) is 68.5 Å². The van der Waals surface area contributed by atoms with E-state index in [1.165, 1.54) is 32.8 Å². The second-order valence-corrected chi connectivity index (χ2v) is 7.16. The van der Waals surface area contributed by atoms with Gasteiger partial charge in [-0.05, 0) is 62.0 Å². The normalized spacial score (nSPS) is 21.3. The van der Waals surface area contributed by atoms with Crippen LogP contribution in [0.15, 0.2) is 18.3 Å². The number of hydrogen-bond donors (Lipinski definition) is 1. The summed E-state index contributed by atoms with van der Waals surface area (Å²) in [6, 6.07) is 3.94. The molecule has 1 aliphatic heterocycles. The summed E-state index contributed by atoms with van der Waals surface area (Å²) in [6.45, 7) is 2.14. The molecule has 1 saturated carbocycles. The molecule has 1 saturated heterocycles. The van der Waals surface area contributed by atoms with Crippen molar-refractivity contribution in [3.8, 4) is 0 Å². The molecule has 5 nitrogen and oxygen atoms in total. The number of nitrogen functional groups attached to an aromatic ring is 1. The molecular weight excluding hydrogens is 290 g/mol. The number of ether oxygens (including phenoxy) is 1. The molecule has 1 aromatic heterocycles. The van der Waals surface area contributed by atoms with Gasteiger partial charge in [-0.25, -0.2) is 4.98 Å². The van der Waals surface area contributed by atoms with Crippen molar-refractivity contribution in [1.82, 2.24) is 4.98 Å². The van der Waals surface area contributed by atoms with Gasteiger partial charge in [-0.1, -0.05) is 0 Å². The van der Waals surface area contributed by atoms with Gasteiger partial charge in [0.05, 0.1) is 19.0 Å². The predicted octanol–water partition coefficient (Wildman–Crippen LogP) is 3.00. The van der Waals surface area contributed by atoms with Gasteiger partial charge in [-0.3, -0.25) is 4.79 Å². The number of rotatable bonds is 3. The maximum absolute atomic E-state index is 11.4. The molecule has 0 unspecified atom stereocenters. The van der Waals surface area contributed by atoms with Crippen molar-refractivity contribution in [2.24, 2.45) is 11.3 Å². The zero-order valence-electron chi connectivity index (χ0n) is 14.0. The van der Waals surface area contributed by atoms with Gasteiger partial charge in [0.15, 0.2) is 0 Å². The first-order valence-electron chi connectivity index (χ1n) is 8.63. The van der Waals surface area contributed by atoms with Crippen LogP contribution in [0, 0.1) is 11.3 Å². The predicted molar refractivity (Wildman–Crippen MR) is 91.1 cm³/mol. The molecule has 23 heavy (non-hydrogen) atoms. The smallest absolute Gasteiger partial charge is 0.305 e. The van der Waals surface area contributed by atoms with Gasteiger partial charge >= 0.3 is 5.97 Å². The van der Waals surface area contributed by atoms with Crippen LogP contribution < -0.4 is 10.6 Å². The number of nitrogens with zero attached hydrogens (tertiary/aromatic N) is 2. The van der Waals surface area contributed by atoms with Gasteiger partial charge in [0.2, 0.25) is 0 Å². The Morgan fingerprint density at radius 2 is 2.00 bits per heavy atom. The SMILES string of the molecule is COC(=O)CC1CCC2(CC1)CCN(c1ccc(N)cn1)CC2. The minimum absolute atomic E-state index is 0.0600. The van der Waals surface area contributed by atoms with E-state index in [-0.39, 0.29) is 5.97 Å². The van der Waals surface area contributed by atoms with Crippen molar-refractivity contribution >= 4 is 17.5 Å². The number of methoxy groups -OCH3 is 1. The molecule has 126 valence electrons. The molecule has 2 fully saturated rings. The Morgan fingerprint density at radius 3 is 2.57 bits per heavy atom. The highest BCUT2D eigenvalue weighted by atomic mass is 16.5. The van der Waals surface area contributed by atoms with Crippen LogP contribution in [0.5, 0.6) is 0 Å². The fourth-order valence-corrected chi connectivity index (χ4v) is 4.11. The van der Waals surface area contributed by atoms with Gasteiger partial charge < -0.3 is 15.4 Å². The minimum atomic E-state index is -0.0600. The lowest BCUT2D eigenvalue weighted by Gasteiger charge is -2.46. The molecular formula is C18H27N3O2. The Hall–Kier alpha value is -1.78. The van der Waals surface area contributed by atoms with Crippen molar-refractivity contribution in [3.63, 3.8) is 0 Å². The Bertz CT molecular complexity index is 526. The first-order chi connectivity index (χ1) is 11.1. The van der Waals surface area contributed by atoms with Crippen LogP contribution in [0.4, 0.5) is 11.5 Å². The summed E-state index contributed by atoms with van der Waals surface area (Å²) in [4.78, 5) is 18.2. The Kier molecular flexibility index (Phi) is 4.74. The van der Waals surface area contributed by atoms with Crippen LogP contribution in [0.25, 0.3) is 0 Å². The quantitative estimate of drug-likeness (QED) is 0.868. The average molecular weight is 317 g/mol. The van der Waals surface area contributed by atoms with Crippen molar-refractivity contribution in [1.29, 1.82) is 0 Å². The highest BCUT2D eigenvalue weighted by Gasteiger charge is 2.38. The van der Waals surface area contributed by atoms with Crippen molar-refractivity contribution in [3.05, 3.63) is 18.3 Å². The van der Waals surface area contributed by atoms with Crippen LogP contribution >= 0.6 is 0 Å². The number of esters is 1. The summed E-state index contributed by atoms with van der Waals surface area (Å²) in [5, 5.41) is 0. The van der Waals surface area contributed by atoms with Gasteiger partial charge in [0.1, 0.15) is 5.82 Å². The van der Waals surface area contributed by atoms with E-state index < -0.39 is 0 Å². The van der Waals surface area contributed by atoms with Gasteiger partial charge in [-0.15, -0.1) is 0 Å². The molecule has 2 N–H and O–H groups in total. The zero-order chi connectivity index (χ0) is 16.3. The van der Waals surface area contributed by atoms with Crippen molar-refractivity contribution < 1.29 is 9.53 Å². The molecule has 1 aromatic rings. The fourth-order valence-electron chi connectivity index (χ4n) is 4.11. The summed E-state index contributed by atoms with van der Waals surface area (Å²) >= 11 is 0. The number of piperidine rings is 1. The molecule has 0 aromatic carbocycles. The number of pyridine rings is 1. The van der Waals surface area contributed by atoms with Gasteiger partial charge in [0, 0.05) is 19.5 Å². The number of nitrogens with two attached hydrogens (primary N) is 1. The molecule has 5 heteroatoms. The van der Waals surface area contributed by atoms with E-state index in [0.717, 1.165) is 31.7 Å². The van der Waals surface area contributed by atoms with E-state index in [2.05, 4.69) is 9.88 Å². The second kappa shape index (κ2) is 6.77. The van der Waals surface area contributed by atoms with Crippen LogP contribution in [0.3, 0.4) is 0 Å². The molecule has 0 radical (unpaired) electrons. The maximum atomic E-state index is 11.4. The second-order valence-electron chi connectivity index (χ2n) is 7.16. The third-order valence-electron chi connectivity index (χ3n) is 5.77. The molecule has 2 aliphatic rings. The highest BCUT2D eigenvalue weighted by Crippen LogP contribution is 2.47. The molecule has 0 amide bonds. The van der Waals surface area contributed by atoms with E-state index >= 15 is 0 Å². The lowest BCUT2D eigenvalue weighted by molar-refractivity contribution is -0.142. The van der Waals surface area contributed by atoms with E-state index in [0.29, 0.717) is 23.4 Å².